The van der Waals surface area contributed by atoms with Crippen LogP contribution in [0.15, 0.2) is 229 Å². The molecular formula is C59H37N3OS. The quantitative estimate of drug-likeness (QED) is 0.150. The molecule has 5 heteroatoms. The number of fused-ring (bicyclic) bond motifs is 9. The summed E-state index contributed by atoms with van der Waals surface area (Å²) >= 11 is 1.85. The van der Waals surface area contributed by atoms with Crippen molar-refractivity contribution in [1.29, 1.82) is 0 Å². The van der Waals surface area contributed by atoms with Crippen LogP contribution in [0.5, 0.6) is 0 Å². The molecule has 0 aliphatic heterocycles. The van der Waals surface area contributed by atoms with Crippen LogP contribution in [0, 0.1) is 0 Å². The predicted molar refractivity (Wildman–Crippen MR) is 272 cm³/mol. The zero-order valence-electron chi connectivity index (χ0n) is 34.5. The van der Waals surface area contributed by atoms with Crippen molar-refractivity contribution in [3.8, 4) is 11.5 Å². The molecule has 2 heterocycles. The van der Waals surface area contributed by atoms with E-state index in [1.54, 1.807) is 0 Å². The van der Waals surface area contributed by atoms with E-state index in [4.69, 9.17) is 9.40 Å². The predicted octanol–water partition coefficient (Wildman–Crippen LogP) is 17.4. The summed E-state index contributed by atoms with van der Waals surface area (Å²) in [5.74, 6) is 0.614. The topological polar surface area (TPSA) is 32.5 Å². The van der Waals surface area contributed by atoms with Crippen LogP contribution in [0.25, 0.3) is 85.8 Å². The molecule has 300 valence electrons. The second-order valence-corrected chi connectivity index (χ2v) is 17.5. The average molecular weight is 836 g/mol. The van der Waals surface area contributed by atoms with Crippen LogP contribution in [-0.2, 0) is 0 Å². The second kappa shape index (κ2) is 14.7. The summed E-state index contributed by atoms with van der Waals surface area (Å²) in [6.07, 6.45) is 0. The van der Waals surface area contributed by atoms with Crippen molar-refractivity contribution in [2.45, 2.75) is 0 Å². The third kappa shape index (κ3) is 6.17. The number of aromatic nitrogens is 1. The van der Waals surface area contributed by atoms with Gasteiger partial charge in [-0.1, -0.05) is 121 Å². The Bertz CT molecular complexity index is 3940. The Balaban J connectivity index is 0.932. The molecule has 0 saturated heterocycles. The summed E-state index contributed by atoms with van der Waals surface area (Å²) in [6.45, 7) is 0. The molecule has 4 nitrogen and oxygen atoms in total. The molecule has 2 aromatic heterocycles. The largest absolute Gasteiger partial charge is 0.436 e. The van der Waals surface area contributed by atoms with Crippen LogP contribution in [0.3, 0.4) is 0 Å². The molecule has 11 aromatic carbocycles. The minimum absolute atomic E-state index is 0.614. The Labute approximate surface area is 373 Å². The van der Waals surface area contributed by atoms with E-state index >= 15 is 0 Å². The SMILES string of the molecule is c1ccc(-c2nc3ccc(N(c4ccc5ccccc5c4)c4ccc5c(ccc6cc(N(c7ccc8ccccc8c7)c7ccc8sc9ccccc9c8c7)ccc65)c4)cc3o2)cc1. The highest BCUT2D eigenvalue weighted by Gasteiger charge is 2.19. The number of nitrogens with zero attached hydrogens (tertiary/aromatic N) is 3. The fourth-order valence-electron chi connectivity index (χ4n) is 9.46. The zero-order valence-corrected chi connectivity index (χ0v) is 35.3. The van der Waals surface area contributed by atoms with Crippen LogP contribution in [0.4, 0.5) is 34.1 Å². The number of benzene rings is 11. The van der Waals surface area contributed by atoms with Gasteiger partial charge in [-0.15, -0.1) is 11.3 Å². The lowest BCUT2D eigenvalue weighted by Gasteiger charge is -2.27. The zero-order chi connectivity index (χ0) is 42.1. The lowest BCUT2D eigenvalue weighted by molar-refractivity contribution is 0.620. The van der Waals surface area contributed by atoms with Crippen molar-refractivity contribution < 1.29 is 4.42 Å². The van der Waals surface area contributed by atoms with Gasteiger partial charge in [0.25, 0.3) is 0 Å². The van der Waals surface area contributed by atoms with E-state index < -0.39 is 0 Å². The van der Waals surface area contributed by atoms with Gasteiger partial charge in [0.1, 0.15) is 5.52 Å². The first-order chi connectivity index (χ1) is 31.7. The van der Waals surface area contributed by atoms with Crippen molar-refractivity contribution in [3.05, 3.63) is 224 Å². The normalized spacial score (nSPS) is 11.8. The molecule has 0 unspecified atom stereocenters. The van der Waals surface area contributed by atoms with Gasteiger partial charge >= 0.3 is 0 Å². The van der Waals surface area contributed by atoms with E-state index in [0.717, 1.165) is 56.2 Å². The maximum atomic E-state index is 6.40. The van der Waals surface area contributed by atoms with E-state index in [0.29, 0.717) is 5.89 Å². The first-order valence-electron chi connectivity index (χ1n) is 21.6. The minimum atomic E-state index is 0.614. The number of oxazole rings is 1. The minimum Gasteiger partial charge on any atom is -0.436 e. The number of hydrogen-bond donors (Lipinski definition) is 0. The summed E-state index contributed by atoms with van der Waals surface area (Å²) < 4.78 is 9.00. The number of rotatable bonds is 7. The van der Waals surface area contributed by atoms with Gasteiger partial charge in [0.05, 0.1) is 0 Å². The van der Waals surface area contributed by atoms with Crippen LogP contribution in [-0.4, -0.2) is 4.98 Å². The monoisotopic (exact) mass is 835 g/mol. The fraction of sp³-hybridized carbons (Fsp3) is 0. The molecule has 0 atom stereocenters. The van der Waals surface area contributed by atoms with E-state index in [9.17, 15) is 0 Å². The van der Waals surface area contributed by atoms with Crippen molar-refractivity contribution in [1.82, 2.24) is 4.98 Å². The molecule has 0 amide bonds. The van der Waals surface area contributed by atoms with Crippen LogP contribution < -0.4 is 9.80 Å². The Kier molecular flexibility index (Phi) is 8.36. The number of anilines is 6. The van der Waals surface area contributed by atoms with E-state index in [2.05, 4.69) is 204 Å². The summed E-state index contributed by atoms with van der Waals surface area (Å²) in [5, 5.41) is 12.2. The van der Waals surface area contributed by atoms with Gasteiger partial charge in [0.15, 0.2) is 5.58 Å². The van der Waals surface area contributed by atoms with Gasteiger partial charge in [-0.25, -0.2) is 4.98 Å². The maximum absolute atomic E-state index is 6.40. The summed E-state index contributed by atoms with van der Waals surface area (Å²) in [6, 6.07) is 80.8. The molecule has 0 radical (unpaired) electrons. The molecule has 0 N–H and O–H groups in total. The van der Waals surface area contributed by atoms with E-state index in [1.165, 1.54) is 57.9 Å². The van der Waals surface area contributed by atoms with Crippen molar-refractivity contribution in [2.24, 2.45) is 0 Å². The summed E-state index contributed by atoms with van der Waals surface area (Å²) in [5.41, 5.74) is 8.99. The molecule has 64 heavy (non-hydrogen) atoms. The van der Waals surface area contributed by atoms with Crippen molar-refractivity contribution in [2.75, 3.05) is 9.80 Å². The third-order valence-electron chi connectivity index (χ3n) is 12.6. The Morgan fingerprint density at radius 2 is 0.797 bits per heavy atom. The maximum Gasteiger partial charge on any atom is 0.227 e. The highest BCUT2D eigenvalue weighted by Crippen LogP contribution is 2.44. The highest BCUT2D eigenvalue weighted by molar-refractivity contribution is 7.25. The lowest BCUT2D eigenvalue weighted by Crippen LogP contribution is -2.10. The van der Waals surface area contributed by atoms with Gasteiger partial charge in [0.2, 0.25) is 5.89 Å². The molecule has 0 fully saturated rings. The average Bonchev–Trinajstić information content (AvgIpc) is 3.96. The third-order valence-corrected chi connectivity index (χ3v) is 13.7. The van der Waals surface area contributed by atoms with Crippen LogP contribution in [0.2, 0.25) is 0 Å². The summed E-state index contributed by atoms with van der Waals surface area (Å²) in [7, 11) is 0. The molecule has 0 spiro atoms. The highest BCUT2D eigenvalue weighted by atomic mass is 32.1. The molecule has 0 aliphatic rings. The summed E-state index contributed by atoms with van der Waals surface area (Å²) in [4.78, 5) is 9.56. The first kappa shape index (κ1) is 36.4. The van der Waals surface area contributed by atoms with Crippen LogP contribution in [0.1, 0.15) is 0 Å². The Morgan fingerprint density at radius 3 is 1.45 bits per heavy atom. The molecule has 13 rings (SSSR count). The molecule has 13 aromatic rings. The second-order valence-electron chi connectivity index (χ2n) is 16.4. The number of hydrogen-bond acceptors (Lipinski definition) is 5. The van der Waals surface area contributed by atoms with Gasteiger partial charge in [-0.05, 0) is 140 Å². The molecular weight excluding hydrogens is 799 g/mol. The van der Waals surface area contributed by atoms with Gasteiger partial charge in [-0.3, -0.25) is 0 Å². The number of thiophene rings is 1. The molecule has 0 bridgehead atoms. The Morgan fingerprint density at radius 1 is 0.328 bits per heavy atom. The Hall–Kier alpha value is -8.25. The smallest absolute Gasteiger partial charge is 0.227 e. The molecule has 0 aliphatic carbocycles. The van der Waals surface area contributed by atoms with E-state index in [1.807, 2.05) is 41.7 Å². The van der Waals surface area contributed by atoms with Gasteiger partial charge in [-0.2, -0.15) is 0 Å². The van der Waals surface area contributed by atoms with Crippen LogP contribution >= 0.6 is 11.3 Å². The van der Waals surface area contributed by atoms with Gasteiger partial charge < -0.3 is 14.2 Å². The standard InChI is InChI=1S/C59H37N3OS/c1-2-12-40(13-3-1)59-60-55-30-26-50(37-56(55)63-59)62(46-23-21-39-11-5-7-15-42(39)33-46)48-25-29-52-44(35-48)19-18-43-34-47(24-28-51(43)52)61(45-22-20-38-10-4-6-14-41(38)32-45)49-27-31-58-54(36-49)53-16-8-9-17-57(53)64-58/h1-37H. The van der Waals surface area contributed by atoms with Crippen molar-refractivity contribution in [3.63, 3.8) is 0 Å². The van der Waals surface area contributed by atoms with Crippen molar-refractivity contribution >= 4 is 120 Å². The van der Waals surface area contributed by atoms with E-state index in [-0.39, 0.29) is 0 Å². The lowest BCUT2D eigenvalue weighted by atomic mass is 9.99. The first-order valence-corrected chi connectivity index (χ1v) is 22.4. The van der Waals surface area contributed by atoms with Gasteiger partial charge in [0, 0.05) is 65.9 Å². The molecule has 0 saturated carbocycles. The fourth-order valence-corrected chi connectivity index (χ4v) is 10.5.